The number of para-hydroxylation sites is 1. The number of methoxy groups -OCH3 is 1. The van der Waals surface area contributed by atoms with Crippen LogP contribution in [-0.4, -0.2) is 54.9 Å². The van der Waals surface area contributed by atoms with Crippen LogP contribution in [0.25, 0.3) is 0 Å². The van der Waals surface area contributed by atoms with Crippen molar-refractivity contribution in [2.24, 2.45) is 5.92 Å². The lowest BCUT2D eigenvalue weighted by atomic mass is 9.99. The molecule has 1 unspecified atom stereocenters. The number of ether oxygens (including phenoxy) is 1. The van der Waals surface area contributed by atoms with Gasteiger partial charge >= 0.3 is 0 Å². The van der Waals surface area contributed by atoms with Gasteiger partial charge in [0.2, 0.25) is 11.8 Å². The summed E-state index contributed by atoms with van der Waals surface area (Å²) in [5.41, 5.74) is 0.102. The third-order valence-corrected chi connectivity index (χ3v) is 6.15. The topological polar surface area (TPSA) is 87.7 Å². The Morgan fingerprint density at radius 1 is 1.03 bits per heavy atom. The third kappa shape index (κ3) is 6.55. The summed E-state index contributed by atoms with van der Waals surface area (Å²) in [6, 6.07) is 9.38. The summed E-state index contributed by atoms with van der Waals surface area (Å²) in [6.07, 6.45) is 1.35. The quantitative estimate of drug-likeness (QED) is 0.599. The van der Waals surface area contributed by atoms with Crippen molar-refractivity contribution in [2.45, 2.75) is 45.2 Å². The average Bonchev–Trinajstić information content (AvgIpc) is 2.83. The molecule has 3 amide bonds. The lowest BCUT2D eigenvalue weighted by Gasteiger charge is -2.34. The van der Waals surface area contributed by atoms with Crippen molar-refractivity contribution in [3.8, 4) is 5.75 Å². The second-order valence-corrected chi connectivity index (χ2v) is 8.94. The van der Waals surface area contributed by atoms with Crippen LogP contribution in [0.1, 0.15) is 42.6 Å². The Labute approximate surface area is 203 Å². The van der Waals surface area contributed by atoms with Gasteiger partial charge in [-0.05, 0) is 37.0 Å². The molecule has 1 aliphatic rings. The fourth-order valence-corrected chi connectivity index (χ4v) is 4.15. The summed E-state index contributed by atoms with van der Waals surface area (Å²) in [4.78, 5) is 39.9. The Morgan fingerprint density at radius 2 is 1.66 bits per heavy atom. The molecule has 0 saturated carbocycles. The van der Waals surface area contributed by atoms with E-state index in [0.29, 0.717) is 31.7 Å². The summed E-state index contributed by atoms with van der Waals surface area (Å²) < 4.78 is 33.2. The van der Waals surface area contributed by atoms with Crippen molar-refractivity contribution in [3.05, 3.63) is 65.2 Å². The highest BCUT2D eigenvalue weighted by Gasteiger charge is 2.30. The number of halogens is 2. The largest absolute Gasteiger partial charge is 0.496 e. The van der Waals surface area contributed by atoms with Gasteiger partial charge in [-0.1, -0.05) is 38.1 Å². The van der Waals surface area contributed by atoms with E-state index in [2.05, 4.69) is 10.6 Å². The van der Waals surface area contributed by atoms with E-state index in [9.17, 15) is 23.2 Å². The van der Waals surface area contributed by atoms with E-state index in [1.54, 1.807) is 25.9 Å². The first-order valence-corrected chi connectivity index (χ1v) is 11.7. The Balaban J connectivity index is 1.55. The molecule has 1 aliphatic heterocycles. The Bertz CT molecular complexity index is 1050. The molecule has 0 radical (unpaired) electrons. The molecule has 2 aromatic carbocycles. The zero-order chi connectivity index (χ0) is 25.5. The minimum absolute atomic E-state index is 0.0153. The Hall–Kier alpha value is -3.49. The maximum atomic E-state index is 14.0. The van der Waals surface area contributed by atoms with Gasteiger partial charge in [-0.2, -0.15) is 0 Å². The first-order chi connectivity index (χ1) is 16.7. The molecule has 0 bridgehead atoms. The predicted octanol–water partition coefficient (Wildman–Crippen LogP) is 3.08. The second-order valence-electron chi connectivity index (χ2n) is 8.94. The molecule has 0 spiro atoms. The van der Waals surface area contributed by atoms with E-state index in [1.165, 1.54) is 6.07 Å². The normalized spacial score (nSPS) is 15.0. The molecule has 1 heterocycles. The molecule has 1 saturated heterocycles. The van der Waals surface area contributed by atoms with Gasteiger partial charge in [-0.25, -0.2) is 8.78 Å². The van der Waals surface area contributed by atoms with E-state index in [-0.39, 0.29) is 24.3 Å². The van der Waals surface area contributed by atoms with Gasteiger partial charge in [0.1, 0.15) is 29.0 Å². The standard InChI is InChI=1S/C26H31F2N3O4/c1-16(2)24(30-25(33)23-19(27)8-6-9-20(23)28)26(34)29-18-11-13-31(14-12-18)22(32)15-17-7-4-5-10-21(17)35-3/h4-10,16,18,24H,11-15H2,1-3H3,(H,29,34)(H,30,33). The molecule has 3 rings (SSSR count). The van der Waals surface area contributed by atoms with Crippen LogP contribution in [0.5, 0.6) is 5.75 Å². The van der Waals surface area contributed by atoms with Crippen molar-refractivity contribution in [1.82, 2.24) is 15.5 Å². The van der Waals surface area contributed by atoms with Crippen LogP contribution in [0.3, 0.4) is 0 Å². The van der Waals surface area contributed by atoms with Crippen LogP contribution < -0.4 is 15.4 Å². The number of carbonyl (C=O) groups is 3. The lowest BCUT2D eigenvalue weighted by molar-refractivity contribution is -0.131. The van der Waals surface area contributed by atoms with Crippen molar-refractivity contribution in [1.29, 1.82) is 0 Å². The summed E-state index contributed by atoms with van der Waals surface area (Å²) in [5.74, 6) is -3.05. The minimum Gasteiger partial charge on any atom is -0.496 e. The first kappa shape index (κ1) is 26.1. The molecule has 1 atom stereocenters. The van der Waals surface area contributed by atoms with Crippen molar-refractivity contribution >= 4 is 17.7 Å². The average molecular weight is 488 g/mol. The van der Waals surface area contributed by atoms with Crippen LogP contribution in [0.4, 0.5) is 8.78 Å². The zero-order valence-electron chi connectivity index (χ0n) is 20.1. The summed E-state index contributed by atoms with van der Waals surface area (Å²) in [6.45, 7) is 4.44. The van der Waals surface area contributed by atoms with Gasteiger partial charge in [0.05, 0.1) is 13.5 Å². The van der Waals surface area contributed by atoms with E-state index < -0.39 is 35.1 Å². The molecule has 2 N–H and O–H groups in total. The van der Waals surface area contributed by atoms with Crippen LogP contribution in [0.2, 0.25) is 0 Å². The SMILES string of the molecule is COc1ccccc1CC(=O)N1CCC(NC(=O)C(NC(=O)c2c(F)cccc2F)C(C)C)CC1. The fourth-order valence-electron chi connectivity index (χ4n) is 4.15. The maximum absolute atomic E-state index is 14.0. The first-order valence-electron chi connectivity index (χ1n) is 11.7. The van der Waals surface area contributed by atoms with Crippen molar-refractivity contribution in [3.63, 3.8) is 0 Å². The van der Waals surface area contributed by atoms with Crippen LogP contribution in [0, 0.1) is 17.6 Å². The molecule has 0 aliphatic carbocycles. The Morgan fingerprint density at radius 3 is 2.26 bits per heavy atom. The number of benzene rings is 2. The van der Waals surface area contributed by atoms with E-state index in [4.69, 9.17) is 4.74 Å². The molecular formula is C26H31F2N3O4. The van der Waals surface area contributed by atoms with Crippen LogP contribution in [0.15, 0.2) is 42.5 Å². The molecule has 0 aromatic heterocycles. The monoisotopic (exact) mass is 487 g/mol. The van der Waals surface area contributed by atoms with Crippen molar-refractivity contribution < 1.29 is 27.9 Å². The summed E-state index contributed by atoms with van der Waals surface area (Å²) in [5, 5.41) is 5.38. The number of amides is 3. The van der Waals surface area contributed by atoms with Gasteiger partial charge < -0.3 is 20.3 Å². The number of hydrogen-bond donors (Lipinski definition) is 2. The highest BCUT2D eigenvalue weighted by atomic mass is 19.1. The number of carbonyl (C=O) groups excluding carboxylic acids is 3. The summed E-state index contributed by atoms with van der Waals surface area (Å²) in [7, 11) is 1.57. The van der Waals surface area contributed by atoms with Gasteiger partial charge in [-0.15, -0.1) is 0 Å². The molecule has 7 nitrogen and oxygen atoms in total. The fraction of sp³-hybridized carbons (Fsp3) is 0.423. The van der Waals surface area contributed by atoms with E-state index in [0.717, 1.165) is 17.7 Å². The van der Waals surface area contributed by atoms with Gasteiger partial charge in [0.25, 0.3) is 5.91 Å². The second kappa shape index (κ2) is 11.8. The minimum atomic E-state index is -0.990. The van der Waals surface area contributed by atoms with Gasteiger partial charge in [0, 0.05) is 24.7 Å². The number of rotatable bonds is 8. The highest BCUT2D eigenvalue weighted by Crippen LogP contribution is 2.20. The molecule has 9 heteroatoms. The number of likely N-dealkylation sites (tertiary alicyclic amines) is 1. The number of nitrogens with zero attached hydrogens (tertiary/aromatic N) is 1. The molecule has 1 fully saturated rings. The Kier molecular flexibility index (Phi) is 8.78. The smallest absolute Gasteiger partial charge is 0.257 e. The summed E-state index contributed by atoms with van der Waals surface area (Å²) >= 11 is 0. The van der Waals surface area contributed by atoms with Gasteiger partial charge in [0.15, 0.2) is 0 Å². The predicted molar refractivity (Wildman–Crippen MR) is 127 cm³/mol. The molecule has 35 heavy (non-hydrogen) atoms. The van der Waals surface area contributed by atoms with Crippen LogP contribution >= 0.6 is 0 Å². The third-order valence-electron chi connectivity index (χ3n) is 6.15. The van der Waals surface area contributed by atoms with Crippen LogP contribution in [-0.2, 0) is 16.0 Å². The van der Waals surface area contributed by atoms with E-state index >= 15 is 0 Å². The number of piperidine rings is 1. The molecule has 2 aromatic rings. The number of nitrogens with one attached hydrogen (secondary N) is 2. The van der Waals surface area contributed by atoms with E-state index in [1.807, 2.05) is 24.3 Å². The lowest BCUT2D eigenvalue weighted by Crippen LogP contribution is -2.54. The maximum Gasteiger partial charge on any atom is 0.257 e. The van der Waals surface area contributed by atoms with Crippen molar-refractivity contribution in [2.75, 3.05) is 20.2 Å². The molecular weight excluding hydrogens is 456 g/mol. The molecule has 188 valence electrons. The highest BCUT2D eigenvalue weighted by molar-refractivity contribution is 5.98. The van der Waals surface area contributed by atoms with Gasteiger partial charge in [-0.3, -0.25) is 14.4 Å². The zero-order valence-corrected chi connectivity index (χ0v) is 20.1. The number of hydrogen-bond acceptors (Lipinski definition) is 4.